The normalized spacial score (nSPS) is 10.6. The lowest BCUT2D eigenvalue weighted by atomic mass is 10.0. The number of benzene rings is 1. The molecule has 0 saturated heterocycles. The zero-order valence-electron chi connectivity index (χ0n) is 11.0. The number of ketones is 1. The average Bonchev–Trinajstić information content (AvgIpc) is 2.88. The van der Waals surface area contributed by atoms with Crippen molar-refractivity contribution in [3.05, 3.63) is 47.3 Å². The van der Waals surface area contributed by atoms with Gasteiger partial charge in [0.15, 0.2) is 5.69 Å². The van der Waals surface area contributed by atoms with E-state index in [9.17, 15) is 4.79 Å². The van der Waals surface area contributed by atoms with Crippen molar-refractivity contribution in [3.63, 3.8) is 0 Å². The van der Waals surface area contributed by atoms with Gasteiger partial charge in [-0.25, -0.2) is 0 Å². The Morgan fingerprint density at radius 2 is 2.26 bits per heavy atom. The molecule has 1 aromatic heterocycles. The molecule has 0 saturated carbocycles. The van der Waals surface area contributed by atoms with Crippen molar-refractivity contribution in [2.45, 2.75) is 26.3 Å². The van der Waals surface area contributed by atoms with E-state index in [2.05, 4.69) is 17.2 Å². The Morgan fingerprint density at radius 3 is 3.00 bits per heavy atom. The lowest BCUT2D eigenvalue weighted by Gasteiger charge is -2.01. The summed E-state index contributed by atoms with van der Waals surface area (Å²) in [6, 6.07) is 7.67. The molecule has 0 aliphatic rings. The van der Waals surface area contributed by atoms with Crippen LogP contribution in [-0.2, 0) is 13.0 Å². The quantitative estimate of drug-likeness (QED) is 0.795. The van der Waals surface area contributed by atoms with Crippen LogP contribution in [0.2, 0.25) is 0 Å². The maximum Gasteiger partial charge on any atom is 0.214 e. The van der Waals surface area contributed by atoms with Crippen molar-refractivity contribution in [3.8, 4) is 0 Å². The van der Waals surface area contributed by atoms with Crippen LogP contribution in [0.15, 0.2) is 30.5 Å². The first-order valence-corrected chi connectivity index (χ1v) is 6.48. The molecule has 2 aromatic rings. The Kier molecular flexibility index (Phi) is 4.41. The van der Waals surface area contributed by atoms with Gasteiger partial charge in [-0.2, -0.15) is 0 Å². The van der Waals surface area contributed by atoms with E-state index in [1.165, 1.54) is 5.56 Å². The monoisotopic (exact) mass is 258 g/mol. The maximum atomic E-state index is 12.3. The zero-order valence-corrected chi connectivity index (χ0v) is 11.0. The highest BCUT2D eigenvalue weighted by molar-refractivity contribution is 6.07. The second-order valence-electron chi connectivity index (χ2n) is 4.44. The third kappa shape index (κ3) is 3.26. The minimum Gasteiger partial charge on any atom is -0.329 e. The molecule has 0 unspecified atom stereocenters. The molecule has 1 heterocycles. The Morgan fingerprint density at radius 1 is 1.42 bits per heavy atom. The first-order valence-electron chi connectivity index (χ1n) is 6.48. The predicted octanol–water partition coefficient (Wildman–Crippen LogP) is 1.42. The molecule has 0 atom stereocenters. The molecular weight excluding hydrogens is 240 g/mol. The highest BCUT2D eigenvalue weighted by Gasteiger charge is 2.13. The lowest BCUT2D eigenvalue weighted by molar-refractivity contribution is 0.103. The second kappa shape index (κ2) is 6.24. The molecule has 1 aromatic carbocycles. The maximum absolute atomic E-state index is 12.3. The molecule has 0 fully saturated rings. The molecule has 2 N–H and O–H groups in total. The molecule has 19 heavy (non-hydrogen) atoms. The van der Waals surface area contributed by atoms with Crippen LogP contribution in [0.25, 0.3) is 0 Å². The van der Waals surface area contributed by atoms with Crippen LogP contribution >= 0.6 is 0 Å². The van der Waals surface area contributed by atoms with Gasteiger partial charge >= 0.3 is 0 Å². The van der Waals surface area contributed by atoms with Crippen LogP contribution in [0.1, 0.15) is 35.0 Å². The van der Waals surface area contributed by atoms with E-state index in [0.717, 1.165) is 12.8 Å². The minimum absolute atomic E-state index is 0.0961. The smallest absolute Gasteiger partial charge is 0.214 e. The van der Waals surface area contributed by atoms with Gasteiger partial charge in [0.05, 0.1) is 12.7 Å². The van der Waals surface area contributed by atoms with E-state index in [1.807, 2.05) is 24.3 Å². The fourth-order valence-corrected chi connectivity index (χ4v) is 1.95. The second-order valence-corrected chi connectivity index (χ2v) is 4.44. The van der Waals surface area contributed by atoms with Gasteiger partial charge in [0.25, 0.3) is 0 Å². The standard InChI is InChI=1S/C14H18N4O/c1-2-4-11-5-3-6-12(9-11)14(19)13-10-18(8-7-15)17-16-13/h3,5-6,9-10H,2,4,7-8,15H2,1H3. The van der Waals surface area contributed by atoms with E-state index >= 15 is 0 Å². The fourth-order valence-electron chi connectivity index (χ4n) is 1.95. The van der Waals surface area contributed by atoms with Crippen molar-refractivity contribution in [2.24, 2.45) is 5.73 Å². The topological polar surface area (TPSA) is 73.8 Å². The Balaban J connectivity index is 2.20. The molecular formula is C14H18N4O. The average molecular weight is 258 g/mol. The van der Waals surface area contributed by atoms with Crippen molar-refractivity contribution in [1.82, 2.24) is 15.0 Å². The summed E-state index contributed by atoms with van der Waals surface area (Å²) in [5.41, 5.74) is 7.63. The summed E-state index contributed by atoms with van der Waals surface area (Å²) < 4.78 is 1.59. The predicted molar refractivity (Wildman–Crippen MR) is 72.9 cm³/mol. The van der Waals surface area contributed by atoms with E-state index in [0.29, 0.717) is 24.3 Å². The number of nitrogens with zero attached hydrogens (tertiary/aromatic N) is 3. The molecule has 0 amide bonds. The fraction of sp³-hybridized carbons (Fsp3) is 0.357. The van der Waals surface area contributed by atoms with Crippen LogP contribution in [-0.4, -0.2) is 27.3 Å². The van der Waals surface area contributed by atoms with Crippen LogP contribution in [0.3, 0.4) is 0 Å². The van der Waals surface area contributed by atoms with E-state index in [-0.39, 0.29) is 5.78 Å². The van der Waals surface area contributed by atoms with Gasteiger partial charge in [-0.1, -0.05) is 36.8 Å². The molecule has 100 valence electrons. The SMILES string of the molecule is CCCc1cccc(C(=O)c2cn(CCN)nn2)c1. The highest BCUT2D eigenvalue weighted by Crippen LogP contribution is 2.11. The van der Waals surface area contributed by atoms with E-state index in [4.69, 9.17) is 5.73 Å². The number of aromatic nitrogens is 3. The number of hydrogen-bond acceptors (Lipinski definition) is 4. The van der Waals surface area contributed by atoms with Crippen molar-refractivity contribution in [2.75, 3.05) is 6.54 Å². The van der Waals surface area contributed by atoms with E-state index in [1.54, 1.807) is 10.9 Å². The van der Waals surface area contributed by atoms with Crippen LogP contribution < -0.4 is 5.73 Å². The summed E-state index contributed by atoms with van der Waals surface area (Å²) in [5, 5.41) is 7.77. The summed E-state index contributed by atoms with van der Waals surface area (Å²) in [5.74, 6) is -0.0961. The highest BCUT2D eigenvalue weighted by atomic mass is 16.1. The Labute approximate surface area is 112 Å². The van der Waals surface area contributed by atoms with Gasteiger partial charge in [0.2, 0.25) is 5.78 Å². The number of aryl methyl sites for hydroxylation is 1. The van der Waals surface area contributed by atoms with Crippen LogP contribution in [0, 0.1) is 0 Å². The molecule has 5 nitrogen and oxygen atoms in total. The van der Waals surface area contributed by atoms with Crippen molar-refractivity contribution < 1.29 is 4.79 Å². The van der Waals surface area contributed by atoms with Gasteiger partial charge in [0, 0.05) is 12.1 Å². The summed E-state index contributed by atoms with van der Waals surface area (Å²) in [6.07, 6.45) is 3.67. The molecule has 0 bridgehead atoms. The van der Waals surface area contributed by atoms with Gasteiger partial charge in [-0.3, -0.25) is 9.48 Å². The van der Waals surface area contributed by atoms with Crippen molar-refractivity contribution >= 4 is 5.78 Å². The number of carbonyl (C=O) groups excluding carboxylic acids is 1. The minimum atomic E-state index is -0.0961. The van der Waals surface area contributed by atoms with Gasteiger partial charge in [-0.05, 0) is 18.1 Å². The molecule has 2 rings (SSSR count). The molecule has 0 radical (unpaired) electrons. The van der Waals surface area contributed by atoms with Gasteiger partial charge in [-0.15, -0.1) is 5.10 Å². The summed E-state index contributed by atoms with van der Waals surface area (Å²) >= 11 is 0. The van der Waals surface area contributed by atoms with Gasteiger partial charge in [0.1, 0.15) is 0 Å². The third-order valence-electron chi connectivity index (χ3n) is 2.86. The van der Waals surface area contributed by atoms with Crippen LogP contribution in [0.4, 0.5) is 0 Å². The lowest BCUT2D eigenvalue weighted by Crippen LogP contribution is -2.10. The third-order valence-corrected chi connectivity index (χ3v) is 2.86. The van der Waals surface area contributed by atoms with Crippen molar-refractivity contribution in [1.29, 1.82) is 0 Å². The number of carbonyl (C=O) groups is 1. The van der Waals surface area contributed by atoms with Crippen LogP contribution in [0.5, 0.6) is 0 Å². The number of rotatable bonds is 6. The number of nitrogens with two attached hydrogens (primary N) is 1. The zero-order chi connectivity index (χ0) is 13.7. The summed E-state index contributed by atoms with van der Waals surface area (Å²) in [7, 11) is 0. The van der Waals surface area contributed by atoms with E-state index < -0.39 is 0 Å². The first-order chi connectivity index (χ1) is 9.24. The molecule has 0 spiro atoms. The number of hydrogen-bond donors (Lipinski definition) is 1. The Hall–Kier alpha value is -2.01. The first kappa shape index (κ1) is 13.4. The van der Waals surface area contributed by atoms with Gasteiger partial charge < -0.3 is 5.73 Å². The molecule has 0 aliphatic carbocycles. The largest absolute Gasteiger partial charge is 0.329 e. The molecule has 5 heteroatoms. The Bertz CT molecular complexity index is 562. The summed E-state index contributed by atoms with van der Waals surface area (Å²) in [6.45, 7) is 3.16. The summed E-state index contributed by atoms with van der Waals surface area (Å²) in [4.78, 5) is 12.3. The molecule has 0 aliphatic heterocycles.